The molecule has 0 spiro atoms. The molecular weight excluding hydrogens is 426 g/mol. The number of fused-ring (bicyclic) bond motifs is 1. The third kappa shape index (κ3) is 3.96. The van der Waals surface area contributed by atoms with Gasteiger partial charge >= 0.3 is 0 Å². The number of nitrogens with zero attached hydrogens (tertiary/aromatic N) is 3. The van der Waals surface area contributed by atoms with E-state index in [0.29, 0.717) is 12.3 Å². The van der Waals surface area contributed by atoms with Crippen LogP contribution in [0.15, 0.2) is 60.8 Å². The Bertz CT molecular complexity index is 1160. The fraction of sp³-hybridized carbons (Fsp3) is 0.333. The number of benzene rings is 2. The van der Waals surface area contributed by atoms with Crippen molar-refractivity contribution in [3.05, 3.63) is 83.2 Å². The molecule has 0 saturated heterocycles. The van der Waals surface area contributed by atoms with Gasteiger partial charge < -0.3 is 14.5 Å². The van der Waals surface area contributed by atoms with Gasteiger partial charge in [-0.05, 0) is 50.6 Å². The van der Waals surface area contributed by atoms with Crippen molar-refractivity contribution in [2.75, 3.05) is 43.6 Å². The van der Waals surface area contributed by atoms with E-state index in [-0.39, 0.29) is 5.91 Å². The number of hydrogen-bond acceptors (Lipinski definition) is 6. The first-order chi connectivity index (χ1) is 16.5. The lowest BCUT2D eigenvalue weighted by atomic mass is 9.75. The molecule has 0 radical (unpaired) electrons. The van der Waals surface area contributed by atoms with Crippen molar-refractivity contribution in [1.29, 1.82) is 0 Å². The number of ether oxygens (including phenoxy) is 1. The zero-order chi connectivity index (χ0) is 24.3. The average molecular weight is 460 g/mol. The summed E-state index contributed by atoms with van der Waals surface area (Å²) in [5, 5.41) is 0. The van der Waals surface area contributed by atoms with E-state index >= 15 is 0 Å². The lowest BCUT2D eigenvalue weighted by Gasteiger charge is -2.41. The molecule has 0 aliphatic carbocycles. The monoisotopic (exact) mass is 459 g/mol. The second kappa shape index (κ2) is 9.73. The van der Waals surface area contributed by atoms with Gasteiger partial charge in [0.15, 0.2) is 0 Å². The topological polar surface area (TPSA) is 69.7 Å². The molecule has 2 aromatic carbocycles. The Morgan fingerprint density at radius 3 is 2.29 bits per heavy atom. The molecule has 1 aliphatic rings. The van der Waals surface area contributed by atoms with Gasteiger partial charge in [-0.2, -0.15) is 0 Å². The minimum absolute atomic E-state index is 0.256. The normalized spacial score (nSPS) is 17.0. The lowest BCUT2D eigenvalue weighted by molar-refractivity contribution is 0.0890. The number of rotatable bonds is 8. The number of hydrazine groups is 1. The van der Waals surface area contributed by atoms with E-state index < -0.39 is 5.54 Å². The Balaban J connectivity index is 2.00. The Morgan fingerprint density at radius 2 is 1.65 bits per heavy atom. The van der Waals surface area contributed by atoms with Gasteiger partial charge in [-0.3, -0.25) is 15.2 Å². The number of nitrogens with one attached hydrogen (secondary N) is 2. The highest BCUT2D eigenvalue weighted by Crippen LogP contribution is 2.44. The van der Waals surface area contributed by atoms with Crippen LogP contribution in [-0.2, 0) is 5.54 Å². The van der Waals surface area contributed by atoms with Crippen molar-refractivity contribution in [3.63, 3.8) is 0 Å². The first kappa shape index (κ1) is 23.6. The predicted octanol–water partition coefficient (Wildman–Crippen LogP) is 3.93. The highest BCUT2D eigenvalue weighted by molar-refractivity contribution is 5.95. The van der Waals surface area contributed by atoms with Crippen LogP contribution in [0.25, 0.3) is 0 Å². The van der Waals surface area contributed by atoms with Crippen molar-refractivity contribution >= 4 is 17.3 Å². The van der Waals surface area contributed by atoms with Crippen molar-refractivity contribution in [1.82, 2.24) is 15.8 Å². The van der Waals surface area contributed by atoms with Crippen LogP contribution in [0.5, 0.6) is 5.75 Å². The first-order valence-electron chi connectivity index (χ1n) is 11.8. The second-order valence-electron chi connectivity index (χ2n) is 8.46. The van der Waals surface area contributed by atoms with Gasteiger partial charge in [-0.25, -0.2) is 5.43 Å². The molecule has 1 aliphatic heterocycles. The zero-order valence-electron chi connectivity index (χ0n) is 20.6. The van der Waals surface area contributed by atoms with Gasteiger partial charge in [0.2, 0.25) is 0 Å². The van der Waals surface area contributed by atoms with Gasteiger partial charge in [0.25, 0.3) is 5.91 Å². The summed E-state index contributed by atoms with van der Waals surface area (Å²) in [5.41, 5.74) is 10.6. The van der Waals surface area contributed by atoms with Gasteiger partial charge in [-0.15, -0.1) is 0 Å². The summed E-state index contributed by atoms with van der Waals surface area (Å²) in [4.78, 5) is 21.5. The molecule has 1 amide bonds. The van der Waals surface area contributed by atoms with Gasteiger partial charge in [0, 0.05) is 61.9 Å². The fourth-order valence-corrected chi connectivity index (χ4v) is 4.65. The zero-order valence-corrected chi connectivity index (χ0v) is 20.6. The number of amides is 1. The van der Waals surface area contributed by atoms with Crippen LogP contribution in [0.2, 0.25) is 0 Å². The number of hydrogen-bond donors (Lipinski definition) is 2. The van der Waals surface area contributed by atoms with Crippen LogP contribution >= 0.6 is 0 Å². The van der Waals surface area contributed by atoms with E-state index in [9.17, 15) is 4.79 Å². The van der Waals surface area contributed by atoms with Crippen LogP contribution < -0.4 is 25.4 Å². The van der Waals surface area contributed by atoms with Crippen molar-refractivity contribution in [2.45, 2.75) is 26.3 Å². The molecule has 2 heterocycles. The molecule has 3 aromatic rings. The maximum atomic E-state index is 12.7. The molecule has 7 heteroatoms. The average Bonchev–Trinajstić information content (AvgIpc) is 2.86. The highest BCUT2D eigenvalue weighted by Gasteiger charge is 2.45. The molecule has 34 heavy (non-hydrogen) atoms. The summed E-state index contributed by atoms with van der Waals surface area (Å²) in [7, 11) is 4.03. The molecule has 1 atom stereocenters. The van der Waals surface area contributed by atoms with E-state index in [2.05, 4.69) is 81.9 Å². The highest BCUT2D eigenvalue weighted by atomic mass is 16.5. The SMILES string of the molecule is CCOc1cc(N(CC)CC)ccc1C1(c2ccc(N(C)C)cc2)NNC(=O)c2ncccc21. The smallest absolute Gasteiger partial charge is 0.284 e. The third-order valence-corrected chi connectivity index (χ3v) is 6.40. The fourth-order valence-electron chi connectivity index (χ4n) is 4.65. The summed E-state index contributed by atoms with van der Waals surface area (Å²) in [6, 6.07) is 18.5. The first-order valence-corrected chi connectivity index (χ1v) is 11.8. The Morgan fingerprint density at radius 1 is 0.941 bits per heavy atom. The van der Waals surface area contributed by atoms with Gasteiger partial charge in [0.05, 0.1) is 6.61 Å². The summed E-state index contributed by atoms with van der Waals surface area (Å²) >= 11 is 0. The number of anilines is 2. The molecule has 7 nitrogen and oxygen atoms in total. The maximum absolute atomic E-state index is 12.7. The van der Waals surface area contributed by atoms with E-state index in [1.807, 2.05) is 33.2 Å². The summed E-state index contributed by atoms with van der Waals surface area (Å²) in [6.45, 7) is 8.60. The minimum atomic E-state index is -0.880. The van der Waals surface area contributed by atoms with Gasteiger partial charge in [-0.1, -0.05) is 24.3 Å². The van der Waals surface area contributed by atoms with E-state index in [0.717, 1.165) is 46.9 Å². The van der Waals surface area contributed by atoms with E-state index in [1.54, 1.807) is 6.20 Å². The molecule has 2 N–H and O–H groups in total. The molecular formula is C27H33N5O2. The van der Waals surface area contributed by atoms with Crippen LogP contribution in [0.1, 0.15) is 48.0 Å². The van der Waals surface area contributed by atoms with Crippen LogP contribution in [-0.4, -0.2) is 44.7 Å². The van der Waals surface area contributed by atoms with E-state index in [4.69, 9.17) is 4.74 Å². The molecule has 1 unspecified atom stereocenters. The number of carbonyl (C=O) groups is 1. The van der Waals surface area contributed by atoms with E-state index in [1.165, 1.54) is 0 Å². The third-order valence-electron chi connectivity index (χ3n) is 6.40. The van der Waals surface area contributed by atoms with Crippen LogP contribution in [0.3, 0.4) is 0 Å². The summed E-state index contributed by atoms with van der Waals surface area (Å²) in [6.07, 6.45) is 1.65. The van der Waals surface area contributed by atoms with Gasteiger partial charge in [0.1, 0.15) is 17.0 Å². The standard InChI is InChI=1S/C27H33N5O2/c1-6-32(7-2)21-15-16-22(24(18-21)34-8-3)27(19-11-13-20(14-12-19)31(4)5)23-10-9-17-28-25(23)26(33)29-30-27/h9-18,30H,6-8H2,1-5H3,(H,29,33). The minimum Gasteiger partial charge on any atom is -0.493 e. The molecule has 1 aromatic heterocycles. The quantitative estimate of drug-likeness (QED) is 0.532. The Labute approximate surface area is 201 Å². The summed E-state index contributed by atoms with van der Waals surface area (Å²) in [5.74, 6) is 0.510. The van der Waals surface area contributed by atoms with Crippen molar-refractivity contribution in [2.24, 2.45) is 0 Å². The molecule has 178 valence electrons. The molecule has 0 bridgehead atoms. The number of carbonyl (C=O) groups excluding carboxylic acids is 1. The molecule has 0 fully saturated rings. The number of aromatic nitrogens is 1. The van der Waals surface area contributed by atoms with Crippen molar-refractivity contribution in [3.8, 4) is 5.75 Å². The van der Waals surface area contributed by atoms with Crippen LogP contribution in [0, 0.1) is 0 Å². The van der Waals surface area contributed by atoms with Crippen molar-refractivity contribution < 1.29 is 9.53 Å². The molecule has 0 saturated carbocycles. The Kier molecular flexibility index (Phi) is 6.75. The number of pyridine rings is 1. The molecule has 4 rings (SSSR count). The lowest BCUT2D eigenvalue weighted by Crippen LogP contribution is -2.58. The maximum Gasteiger partial charge on any atom is 0.284 e. The predicted molar refractivity (Wildman–Crippen MR) is 137 cm³/mol. The van der Waals surface area contributed by atoms with Crippen LogP contribution in [0.4, 0.5) is 11.4 Å². The largest absolute Gasteiger partial charge is 0.493 e. The Hall–Kier alpha value is -3.58. The second-order valence-corrected chi connectivity index (χ2v) is 8.46. The summed E-state index contributed by atoms with van der Waals surface area (Å²) < 4.78 is 6.21.